The van der Waals surface area contributed by atoms with E-state index in [0.717, 1.165) is 34.6 Å². The number of rotatable bonds is 9. The number of carbonyl (C=O) groups is 1. The molecule has 0 radical (unpaired) electrons. The molecule has 40 heavy (non-hydrogen) atoms. The summed E-state index contributed by atoms with van der Waals surface area (Å²) in [5.41, 5.74) is 2.66. The molecule has 0 aliphatic carbocycles. The first-order chi connectivity index (χ1) is 19.5. The van der Waals surface area contributed by atoms with Crippen molar-refractivity contribution in [3.8, 4) is 11.5 Å². The van der Waals surface area contributed by atoms with Gasteiger partial charge in [-0.25, -0.2) is 14.8 Å². The van der Waals surface area contributed by atoms with Crippen LogP contribution in [-0.4, -0.2) is 63.9 Å². The Kier molecular flexibility index (Phi) is 8.71. The first kappa shape index (κ1) is 27.7. The quantitative estimate of drug-likeness (QED) is 0.273. The number of carbonyl (C=O) groups excluding carboxylic acids is 1. The molecule has 0 saturated carbocycles. The number of aliphatic hydroxyl groups is 1. The van der Waals surface area contributed by atoms with Crippen molar-refractivity contribution in [2.45, 2.75) is 38.0 Å². The molecule has 10 nitrogen and oxygen atoms in total. The first-order valence-corrected chi connectivity index (χ1v) is 13.9. The molecule has 2 unspecified atom stereocenters. The number of imidazole rings is 1. The molecule has 2 aromatic heterocycles. The van der Waals surface area contributed by atoms with Gasteiger partial charge in [0.25, 0.3) is 0 Å². The number of likely N-dealkylation sites (tertiary alicyclic amines) is 1. The summed E-state index contributed by atoms with van der Waals surface area (Å²) in [6.45, 7) is 0.927. The predicted octanol–water partition coefficient (Wildman–Crippen LogP) is 5.00. The maximum atomic E-state index is 13.1. The molecule has 1 fully saturated rings. The van der Waals surface area contributed by atoms with Crippen LogP contribution in [0.2, 0.25) is 0 Å². The molecular formula is C29H32BrN5O5. The van der Waals surface area contributed by atoms with E-state index in [0.29, 0.717) is 35.7 Å². The van der Waals surface area contributed by atoms with Gasteiger partial charge in [-0.15, -0.1) is 0 Å². The summed E-state index contributed by atoms with van der Waals surface area (Å²) < 4.78 is 19.1. The molecule has 0 spiro atoms. The van der Waals surface area contributed by atoms with E-state index < -0.39 is 6.09 Å². The number of piperidine rings is 1. The molecule has 4 aromatic rings. The van der Waals surface area contributed by atoms with Crippen LogP contribution < -0.4 is 14.8 Å². The Morgan fingerprint density at radius 2 is 1.98 bits per heavy atom. The third-order valence-corrected chi connectivity index (χ3v) is 7.75. The average molecular weight is 611 g/mol. The van der Waals surface area contributed by atoms with Crippen molar-refractivity contribution in [2.75, 3.05) is 32.7 Å². The zero-order chi connectivity index (χ0) is 28.1. The Morgan fingerprint density at radius 1 is 1.15 bits per heavy atom. The van der Waals surface area contributed by atoms with Gasteiger partial charge in [-0.1, -0.05) is 30.3 Å². The summed E-state index contributed by atoms with van der Waals surface area (Å²) in [7, 11) is 3.25. The lowest BCUT2D eigenvalue weighted by Gasteiger charge is -2.37. The van der Waals surface area contributed by atoms with E-state index in [2.05, 4.69) is 26.2 Å². The number of aromatic nitrogens is 3. The minimum Gasteiger partial charge on any atom is -0.497 e. The van der Waals surface area contributed by atoms with Gasteiger partial charge in [-0.2, -0.15) is 0 Å². The summed E-state index contributed by atoms with van der Waals surface area (Å²) in [5, 5.41) is 13.4. The monoisotopic (exact) mass is 609 g/mol. The largest absolute Gasteiger partial charge is 0.497 e. The van der Waals surface area contributed by atoms with E-state index in [-0.39, 0.29) is 25.2 Å². The SMILES string of the molecule is COc1ccc(CNc2nccn3c(C4CCC(CO)N(C(=O)OCc5ccccc5)C4)nc(Br)c23)c(OC)c1. The molecule has 2 atom stereocenters. The highest BCUT2D eigenvalue weighted by atomic mass is 79.9. The molecule has 3 heterocycles. The van der Waals surface area contributed by atoms with Crippen molar-refractivity contribution in [1.82, 2.24) is 19.3 Å². The average Bonchev–Trinajstić information content (AvgIpc) is 3.35. The van der Waals surface area contributed by atoms with Gasteiger partial charge in [0.2, 0.25) is 0 Å². The number of methoxy groups -OCH3 is 2. The van der Waals surface area contributed by atoms with Crippen molar-refractivity contribution in [2.24, 2.45) is 0 Å². The highest BCUT2D eigenvalue weighted by molar-refractivity contribution is 9.10. The van der Waals surface area contributed by atoms with Gasteiger partial charge < -0.3 is 29.5 Å². The Hall–Kier alpha value is -3.83. The molecule has 1 aliphatic rings. The number of ether oxygens (including phenoxy) is 3. The fourth-order valence-electron chi connectivity index (χ4n) is 5.07. The highest BCUT2D eigenvalue weighted by Crippen LogP contribution is 2.35. The van der Waals surface area contributed by atoms with Crippen LogP contribution in [0.5, 0.6) is 11.5 Å². The van der Waals surface area contributed by atoms with Gasteiger partial charge in [0.05, 0.1) is 26.9 Å². The predicted molar refractivity (Wildman–Crippen MR) is 154 cm³/mol. The summed E-state index contributed by atoms with van der Waals surface area (Å²) >= 11 is 3.63. The lowest BCUT2D eigenvalue weighted by Crippen LogP contribution is -2.48. The molecule has 2 N–H and O–H groups in total. The van der Waals surface area contributed by atoms with Crippen molar-refractivity contribution in [1.29, 1.82) is 0 Å². The molecule has 1 saturated heterocycles. The van der Waals surface area contributed by atoms with E-state index in [1.807, 2.05) is 59.1 Å². The van der Waals surface area contributed by atoms with Crippen LogP contribution in [-0.2, 0) is 17.9 Å². The second-order valence-corrected chi connectivity index (χ2v) is 10.3. The van der Waals surface area contributed by atoms with Crippen LogP contribution in [0.15, 0.2) is 65.5 Å². The van der Waals surface area contributed by atoms with E-state index in [9.17, 15) is 9.90 Å². The molecule has 2 aromatic carbocycles. The van der Waals surface area contributed by atoms with Crippen LogP contribution >= 0.6 is 15.9 Å². The number of nitrogens with one attached hydrogen (secondary N) is 1. The number of halogens is 1. The van der Waals surface area contributed by atoms with Gasteiger partial charge in [-0.3, -0.25) is 4.40 Å². The van der Waals surface area contributed by atoms with Crippen molar-refractivity contribution in [3.05, 3.63) is 82.5 Å². The fourth-order valence-corrected chi connectivity index (χ4v) is 5.63. The summed E-state index contributed by atoms with van der Waals surface area (Å²) in [6, 6.07) is 14.9. The van der Waals surface area contributed by atoms with Crippen molar-refractivity contribution < 1.29 is 24.1 Å². The topological polar surface area (TPSA) is 110 Å². The number of nitrogens with zero attached hydrogens (tertiary/aromatic N) is 4. The van der Waals surface area contributed by atoms with Gasteiger partial charge in [-0.05, 0) is 46.5 Å². The van der Waals surface area contributed by atoms with Crippen LogP contribution in [0, 0.1) is 0 Å². The molecular weight excluding hydrogens is 578 g/mol. The molecule has 0 bridgehead atoms. The second-order valence-electron chi connectivity index (χ2n) is 9.59. The van der Waals surface area contributed by atoms with E-state index in [1.165, 1.54) is 0 Å². The number of amides is 1. The number of benzene rings is 2. The fraction of sp³-hybridized carbons (Fsp3) is 0.345. The second kappa shape index (κ2) is 12.6. The van der Waals surface area contributed by atoms with Crippen LogP contribution in [0.25, 0.3) is 5.52 Å². The van der Waals surface area contributed by atoms with Crippen LogP contribution in [0.3, 0.4) is 0 Å². The molecule has 1 aliphatic heterocycles. The number of anilines is 1. The summed E-state index contributed by atoms with van der Waals surface area (Å²) in [5.74, 6) is 2.86. The lowest BCUT2D eigenvalue weighted by atomic mass is 9.92. The Morgan fingerprint density at radius 3 is 2.73 bits per heavy atom. The Labute approximate surface area is 241 Å². The Bertz CT molecular complexity index is 1460. The third kappa shape index (κ3) is 5.85. The van der Waals surface area contributed by atoms with Crippen molar-refractivity contribution >= 4 is 33.4 Å². The molecule has 5 rings (SSSR count). The maximum Gasteiger partial charge on any atom is 0.410 e. The Balaban J connectivity index is 1.35. The number of hydrogen-bond acceptors (Lipinski definition) is 8. The molecule has 210 valence electrons. The maximum absolute atomic E-state index is 13.1. The lowest BCUT2D eigenvalue weighted by molar-refractivity contribution is 0.0440. The van der Waals surface area contributed by atoms with Gasteiger partial charge in [0.15, 0.2) is 5.82 Å². The van der Waals surface area contributed by atoms with E-state index in [4.69, 9.17) is 19.2 Å². The number of fused-ring (bicyclic) bond motifs is 1. The number of hydrogen-bond donors (Lipinski definition) is 2. The molecule has 11 heteroatoms. The molecule has 1 amide bonds. The summed E-state index contributed by atoms with van der Waals surface area (Å²) in [4.78, 5) is 24.1. The van der Waals surface area contributed by atoms with Gasteiger partial charge in [0, 0.05) is 43.0 Å². The zero-order valence-corrected chi connectivity index (χ0v) is 24.0. The van der Waals surface area contributed by atoms with Crippen LogP contribution in [0.4, 0.5) is 10.6 Å². The first-order valence-electron chi connectivity index (χ1n) is 13.1. The van der Waals surface area contributed by atoms with Gasteiger partial charge >= 0.3 is 6.09 Å². The normalized spacial score (nSPS) is 17.1. The smallest absolute Gasteiger partial charge is 0.410 e. The highest BCUT2D eigenvalue weighted by Gasteiger charge is 2.35. The minimum atomic E-state index is -0.440. The van der Waals surface area contributed by atoms with E-state index in [1.54, 1.807) is 25.3 Å². The van der Waals surface area contributed by atoms with Crippen molar-refractivity contribution in [3.63, 3.8) is 0 Å². The zero-order valence-electron chi connectivity index (χ0n) is 22.4. The van der Waals surface area contributed by atoms with E-state index >= 15 is 0 Å². The third-order valence-electron chi connectivity index (χ3n) is 7.20. The van der Waals surface area contributed by atoms with Crippen LogP contribution in [0.1, 0.15) is 35.7 Å². The number of aliphatic hydroxyl groups excluding tert-OH is 1. The standard InChI is InChI=1S/C29H32BrN5O5/c1-38-23-11-9-20(24(14-23)39-2)15-32-27-25-26(30)33-28(34(25)13-12-31-27)21-8-10-22(17-36)35(16-21)29(37)40-18-19-6-4-3-5-7-19/h3-7,9,11-14,21-22,36H,8,10,15-18H2,1-2H3,(H,31,32). The van der Waals surface area contributed by atoms with Gasteiger partial charge in [0.1, 0.15) is 34.1 Å². The summed E-state index contributed by atoms with van der Waals surface area (Å²) in [6.07, 6.45) is 4.57. The minimum absolute atomic E-state index is 0.0530.